The van der Waals surface area contributed by atoms with E-state index in [1.807, 2.05) is 0 Å². The Morgan fingerprint density at radius 2 is 1.65 bits per heavy atom. The Morgan fingerprint density at radius 3 is 2.18 bits per heavy atom. The molecule has 98 valence electrons. The van der Waals surface area contributed by atoms with Crippen molar-refractivity contribution < 1.29 is 8.78 Å². The van der Waals surface area contributed by atoms with Gasteiger partial charge in [-0.1, -0.05) is 6.92 Å². The maximum atomic E-state index is 13.0. The molecule has 2 saturated carbocycles. The van der Waals surface area contributed by atoms with Crippen molar-refractivity contribution in [2.24, 2.45) is 17.3 Å². The molecule has 2 aliphatic carbocycles. The Kier molecular flexibility index (Phi) is 2.73. The molecule has 0 atom stereocenters. The van der Waals surface area contributed by atoms with Crippen LogP contribution in [0.2, 0.25) is 0 Å². The summed E-state index contributed by atoms with van der Waals surface area (Å²) in [6.45, 7) is 4.69. The second-order valence-electron chi connectivity index (χ2n) is 6.84. The van der Waals surface area contributed by atoms with Gasteiger partial charge in [-0.2, -0.15) is 0 Å². The minimum Gasteiger partial charge on any atom is -0.303 e. The van der Waals surface area contributed by atoms with Gasteiger partial charge in [-0.25, -0.2) is 8.78 Å². The van der Waals surface area contributed by atoms with Crippen LogP contribution in [0.1, 0.15) is 45.4 Å². The smallest absolute Gasteiger partial charge is 0.250 e. The van der Waals surface area contributed by atoms with Crippen molar-refractivity contribution in [2.75, 3.05) is 19.6 Å². The Hall–Kier alpha value is -0.180. The standard InChI is InChI=1S/C14H23F2N/c1-13(2-3-13)12-8-11(9-12)10-17-6-4-14(15,16)5-7-17/h11-12H,2-10H2,1H3. The van der Waals surface area contributed by atoms with E-state index in [9.17, 15) is 8.78 Å². The van der Waals surface area contributed by atoms with Crippen LogP contribution in [0.25, 0.3) is 0 Å². The number of rotatable bonds is 3. The maximum Gasteiger partial charge on any atom is 0.250 e. The van der Waals surface area contributed by atoms with Gasteiger partial charge in [0, 0.05) is 32.5 Å². The summed E-state index contributed by atoms with van der Waals surface area (Å²) in [6, 6.07) is 0. The summed E-state index contributed by atoms with van der Waals surface area (Å²) in [7, 11) is 0. The second-order valence-corrected chi connectivity index (χ2v) is 6.84. The first-order chi connectivity index (χ1) is 7.97. The van der Waals surface area contributed by atoms with Crippen LogP contribution in [0.15, 0.2) is 0 Å². The Morgan fingerprint density at radius 1 is 1.06 bits per heavy atom. The molecule has 1 nitrogen and oxygen atoms in total. The fourth-order valence-corrected chi connectivity index (χ4v) is 3.49. The summed E-state index contributed by atoms with van der Waals surface area (Å²) in [5.74, 6) is -0.650. The van der Waals surface area contributed by atoms with Gasteiger partial charge in [-0.05, 0) is 42.9 Å². The highest BCUT2D eigenvalue weighted by Crippen LogP contribution is 2.59. The summed E-state index contributed by atoms with van der Waals surface area (Å²) >= 11 is 0. The van der Waals surface area contributed by atoms with E-state index in [1.165, 1.54) is 25.7 Å². The van der Waals surface area contributed by atoms with Gasteiger partial charge in [0.1, 0.15) is 0 Å². The van der Waals surface area contributed by atoms with Crippen LogP contribution >= 0.6 is 0 Å². The zero-order chi connectivity index (χ0) is 12.1. The number of hydrogen-bond acceptors (Lipinski definition) is 1. The lowest BCUT2D eigenvalue weighted by Gasteiger charge is -2.43. The zero-order valence-electron chi connectivity index (χ0n) is 10.7. The molecule has 3 aliphatic rings. The van der Waals surface area contributed by atoms with Crippen LogP contribution in [0.5, 0.6) is 0 Å². The van der Waals surface area contributed by atoms with Gasteiger partial charge in [0.15, 0.2) is 0 Å². The van der Waals surface area contributed by atoms with E-state index < -0.39 is 5.92 Å². The molecule has 3 rings (SSSR count). The molecule has 0 unspecified atom stereocenters. The average Bonchev–Trinajstić information content (AvgIpc) is 2.92. The van der Waals surface area contributed by atoms with Gasteiger partial charge < -0.3 is 4.90 Å². The first-order valence-electron chi connectivity index (χ1n) is 7.07. The molecule has 1 saturated heterocycles. The van der Waals surface area contributed by atoms with Gasteiger partial charge in [-0.15, -0.1) is 0 Å². The van der Waals surface area contributed by atoms with Crippen LogP contribution in [0.3, 0.4) is 0 Å². The minimum atomic E-state index is -2.39. The molecular formula is C14H23F2N. The van der Waals surface area contributed by atoms with Gasteiger partial charge in [0.2, 0.25) is 0 Å². The van der Waals surface area contributed by atoms with Crippen molar-refractivity contribution in [3.05, 3.63) is 0 Å². The van der Waals surface area contributed by atoms with Crippen LogP contribution in [0, 0.1) is 17.3 Å². The molecule has 0 N–H and O–H groups in total. The van der Waals surface area contributed by atoms with Crippen LogP contribution < -0.4 is 0 Å². The van der Waals surface area contributed by atoms with Gasteiger partial charge in [-0.3, -0.25) is 0 Å². The maximum absolute atomic E-state index is 13.0. The van der Waals surface area contributed by atoms with Crippen molar-refractivity contribution in [2.45, 2.75) is 51.4 Å². The Bertz CT molecular complexity index is 283. The fourth-order valence-electron chi connectivity index (χ4n) is 3.49. The number of piperidine rings is 1. The fraction of sp³-hybridized carbons (Fsp3) is 1.00. The number of halogens is 2. The van der Waals surface area contributed by atoms with Crippen LogP contribution in [0.4, 0.5) is 8.78 Å². The molecule has 0 amide bonds. The van der Waals surface area contributed by atoms with Gasteiger partial charge >= 0.3 is 0 Å². The predicted molar refractivity (Wildman–Crippen MR) is 64.2 cm³/mol. The lowest BCUT2D eigenvalue weighted by molar-refractivity contribution is -0.0619. The highest BCUT2D eigenvalue weighted by atomic mass is 19.3. The number of hydrogen-bond donors (Lipinski definition) is 0. The summed E-state index contributed by atoms with van der Waals surface area (Å²) in [4.78, 5) is 2.26. The molecule has 3 heteroatoms. The van der Waals surface area contributed by atoms with E-state index >= 15 is 0 Å². The van der Waals surface area contributed by atoms with E-state index in [-0.39, 0.29) is 12.8 Å². The molecule has 3 fully saturated rings. The van der Waals surface area contributed by atoms with Crippen molar-refractivity contribution in [1.29, 1.82) is 0 Å². The Balaban J connectivity index is 1.39. The SMILES string of the molecule is CC1(C2CC(CN3CCC(F)(F)CC3)C2)CC1. The van der Waals surface area contributed by atoms with Crippen molar-refractivity contribution in [3.8, 4) is 0 Å². The highest BCUT2D eigenvalue weighted by Gasteiger charge is 2.50. The average molecular weight is 243 g/mol. The molecule has 1 heterocycles. The predicted octanol–water partition coefficient (Wildman–Crippen LogP) is 3.54. The minimum absolute atomic E-state index is 0.0703. The van der Waals surface area contributed by atoms with Crippen LogP contribution in [-0.4, -0.2) is 30.5 Å². The molecule has 0 spiro atoms. The molecule has 0 aromatic carbocycles. The molecule has 0 aromatic rings. The molecular weight excluding hydrogens is 220 g/mol. The molecule has 0 aromatic heterocycles. The Labute approximate surface area is 103 Å². The summed E-state index contributed by atoms with van der Waals surface area (Å²) < 4.78 is 26.0. The largest absolute Gasteiger partial charge is 0.303 e. The first kappa shape index (κ1) is 11.9. The second kappa shape index (κ2) is 3.91. The third-order valence-corrected chi connectivity index (χ3v) is 5.36. The van der Waals surface area contributed by atoms with E-state index in [0.29, 0.717) is 18.5 Å². The van der Waals surface area contributed by atoms with Crippen LogP contribution in [-0.2, 0) is 0 Å². The lowest BCUT2D eigenvalue weighted by Crippen LogP contribution is -2.44. The van der Waals surface area contributed by atoms with E-state index in [1.54, 1.807) is 0 Å². The first-order valence-corrected chi connectivity index (χ1v) is 7.07. The van der Waals surface area contributed by atoms with E-state index in [2.05, 4.69) is 11.8 Å². The van der Waals surface area contributed by atoms with Gasteiger partial charge in [0.25, 0.3) is 5.92 Å². The quantitative estimate of drug-likeness (QED) is 0.732. The molecule has 0 bridgehead atoms. The number of nitrogens with zero attached hydrogens (tertiary/aromatic N) is 1. The van der Waals surface area contributed by atoms with Gasteiger partial charge in [0.05, 0.1) is 0 Å². The van der Waals surface area contributed by atoms with Crippen molar-refractivity contribution in [3.63, 3.8) is 0 Å². The molecule has 17 heavy (non-hydrogen) atoms. The van der Waals surface area contributed by atoms with Crippen molar-refractivity contribution in [1.82, 2.24) is 4.90 Å². The third-order valence-electron chi connectivity index (χ3n) is 5.36. The van der Waals surface area contributed by atoms with E-state index in [0.717, 1.165) is 18.4 Å². The normalized spacial score (nSPS) is 39.7. The zero-order valence-corrected chi connectivity index (χ0v) is 10.7. The van der Waals surface area contributed by atoms with Crippen molar-refractivity contribution >= 4 is 0 Å². The summed E-state index contributed by atoms with van der Waals surface area (Å²) in [5.41, 5.74) is 0.672. The monoisotopic (exact) mass is 243 g/mol. The number of alkyl halides is 2. The topological polar surface area (TPSA) is 3.24 Å². The summed E-state index contributed by atoms with van der Waals surface area (Å²) in [5, 5.41) is 0. The summed E-state index contributed by atoms with van der Waals surface area (Å²) in [6.07, 6.45) is 5.68. The third kappa shape index (κ3) is 2.49. The molecule has 1 aliphatic heterocycles. The lowest BCUT2D eigenvalue weighted by atomic mass is 9.67. The molecule has 0 radical (unpaired) electrons. The van der Waals surface area contributed by atoms with E-state index in [4.69, 9.17) is 0 Å². The number of likely N-dealkylation sites (tertiary alicyclic amines) is 1. The highest BCUT2D eigenvalue weighted by molar-refractivity contribution is 5.00.